The van der Waals surface area contributed by atoms with E-state index in [0.29, 0.717) is 21.7 Å². The Kier molecular flexibility index (Phi) is 5.75. The highest BCUT2D eigenvalue weighted by Gasteiger charge is 2.18. The van der Waals surface area contributed by atoms with Crippen LogP contribution in [0, 0.1) is 0 Å². The molecule has 5 nitrogen and oxygen atoms in total. The van der Waals surface area contributed by atoms with Crippen LogP contribution in [0.15, 0.2) is 53.9 Å². The van der Waals surface area contributed by atoms with Crippen molar-refractivity contribution in [3.8, 4) is 22.8 Å². The number of ether oxygens (including phenoxy) is 2. The van der Waals surface area contributed by atoms with Crippen LogP contribution in [0.3, 0.4) is 0 Å². The molecule has 3 rings (SSSR count). The molecule has 26 heavy (non-hydrogen) atoms. The highest BCUT2D eigenvalue weighted by atomic mass is 35.5. The number of carbonyl (C=O) groups excluding carboxylic acids is 1. The lowest BCUT2D eigenvalue weighted by Crippen LogP contribution is -2.30. The Bertz CT molecular complexity index is 896. The minimum Gasteiger partial charge on any atom is -0.493 e. The normalized spacial score (nSPS) is 11.7. The molecule has 2 aromatic carbocycles. The summed E-state index contributed by atoms with van der Waals surface area (Å²) in [5, 5.41) is 5.83. The van der Waals surface area contributed by atoms with E-state index in [1.165, 1.54) is 11.3 Å². The van der Waals surface area contributed by atoms with E-state index in [4.69, 9.17) is 21.1 Å². The second-order valence-electron chi connectivity index (χ2n) is 5.44. The molecule has 0 saturated carbocycles. The summed E-state index contributed by atoms with van der Waals surface area (Å²) in [5.74, 6) is 0.804. The quantitative estimate of drug-likeness (QED) is 0.653. The van der Waals surface area contributed by atoms with Gasteiger partial charge in [-0.15, -0.1) is 11.3 Å². The Balaban J connectivity index is 1.65. The van der Waals surface area contributed by atoms with Crippen molar-refractivity contribution >= 4 is 34.0 Å². The molecule has 3 aromatic rings. The number of aromatic nitrogens is 1. The number of nitrogens with zero attached hydrogens (tertiary/aromatic N) is 1. The zero-order chi connectivity index (χ0) is 18.5. The number of rotatable bonds is 6. The summed E-state index contributed by atoms with van der Waals surface area (Å²) >= 11 is 7.25. The first kappa shape index (κ1) is 18.2. The van der Waals surface area contributed by atoms with Crippen molar-refractivity contribution in [2.24, 2.45) is 0 Å². The van der Waals surface area contributed by atoms with E-state index in [-0.39, 0.29) is 5.91 Å². The first-order valence-corrected chi connectivity index (χ1v) is 9.14. The second-order valence-corrected chi connectivity index (χ2v) is 6.74. The van der Waals surface area contributed by atoms with E-state index in [9.17, 15) is 4.79 Å². The molecule has 1 unspecified atom stereocenters. The number of carbonyl (C=O) groups is 1. The summed E-state index contributed by atoms with van der Waals surface area (Å²) in [4.78, 5) is 16.8. The van der Waals surface area contributed by atoms with Crippen LogP contribution >= 0.6 is 22.9 Å². The van der Waals surface area contributed by atoms with Crippen LogP contribution in [0.25, 0.3) is 11.3 Å². The monoisotopic (exact) mass is 388 g/mol. The molecule has 1 N–H and O–H groups in total. The van der Waals surface area contributed by atoms with Gasteiger partial charge < -0.3 is 9.47 Å². The number of halogens is 1. The summed E-state index contributed by atoms with van der Waals surface area (Å²) in [6.45, 7) is 1.68. The molecule has 0 aliphatic rings. The van der Waals surface area contributed by atoms with Gasteiger partial charge in [-0.3, -0.25) is 10.1 Å². The van der Waals surface area contributed by atoms with Gasteiger partial charge in [0.25, 0.3) is 5.91 Å². The van der Waals surface area contributed by atoms with Crippen molar-refractivity contribution in [1.29, 1.82) is 0 Å². The van der Waals surface area contributed by atoms with Crippen molar-refractivity contribution in [3.63, 3.8) is 0 Å². The predicted octanol–water partition coefficient (Wildman–Crippen LogP) is 4.88. The summed E-state index contributed by atoms with van der Waals surface area (Å²) in [6.07, 6.45) is -0.700. The van der Waals surface area contributed by atoms with Crippen LogP contribution in [0.4, 0.5) is 5.13 Å². The molecule has 0 aliphatic heterocycles. The molecule has 0 bridgehead atoms. The molecule has 0 fully saturated rings. The second kappa shape index (κ2) is 8.21. The molecule has 1 heterocycles. The van der Waals surface area contributed by atoms with E-state index < -0.39 is 6.10 Å². The van der Waals surface area contributed by atoms with Gasteiger partial charge in [-0.05, 0) is 31.2 Å². The minimum absolute atomic E-state index is 0.284. The number of hydrogen-bond donors (Lipinski definition) is 1. The topological polar surface area (TPSA) is 60.5 Å². The Morgan fingerprint density at radius 1 is 1.15 bits per heavy atom. The van der Waals surface area contributed by atoms with Gasteiger partial charge in [0.1, 0.15) is 0 Å². The molecule has 7 heteroatoms. The highest BCUT2D eigenvalue weighted by molar-refractivity contribution is 7.14. The first-order chi connectivity index (χ1) is 12.6. The molecule has 0 saturated heterocycles. The smallest absolute Gasteiger partial charge is 0.266 e. The van der Waals surface area contributed by atoms with Crippen molar-refractivity contribution in [2.75, 3.05) is 12.4 Å². The molecule has 0 spiro atoms. The lowest BCUT2D eigenvalue weighted by Gasteiger charge is -2.15. The maximum absolute atomic E-state index is 12.4. The summed E-state index contributed by atoms with van der Waals surface area (Å²) in [7, 11) is 1.56. The van der Waals surface area contributed by atoms with Gasteiger partial charge in [-0.1, -0.05) is 35.9 Å². The zero-order valence-corrected chi connectivity index (χ0v) is 15.8. The Hall–Kier alpha value is -2.57. The average molecular weight is 389 g/mol. The number of anilines is 1. The third-order valence-electron chi connectivity index (χ3n) is 3.62. The van der Waals surface area contributed by atoms with Crippen molar-refractivity contribution < 1.29 is 14.3 Å². The van der Waals surface area contributed by atoms with Crippen LogP contribution in [0.5, 0.6) is 11.5 Å². The fourth-order valence-corrected chi connectivity index (χ4v) is 3.10. The average Bonchev–Trinajstić information content (AvgIpc) is 3.11. The van der Waals surface area contributed by atoms with Crippen molar-refractivity contribution in [1.82, 2.24) is 4.98 Å². The maximum Gasteiger partial charge on any atom is 0.266 e. The van der Waals surface area contributed by atoms with Crippen LogP contribution in [-0.4, -0.2) is 24.1 Å². The van der Waals surface area contributed by atoms with Crippen LogP contribution < -0.4 is 14.8 Å². The van der Waals surface area contributed by atoms with E-state index in [1.807, 2.05) is 29.6 Å². The van der Waals surface area contributed by atoms with Crippen molar-refractivity contribution in [2.45, 2.75) is 13.0 Å². The Labute approximate surface area is 160 Å². The largest absolute Gasteiger partial charge is 0.493 e. The van der Waals surface area contributed by atoms with Gasteiger partial charge in [0.2, 0.25) is 0 Å². The summed E-state index contributed by atoms with van der Waals surface area (Å²) < 4.78 is 10.9. The van der Waals surface area contributed by atoms with Crippen LogP contribution in [0.1, 0.15) is 6.92 Å². The van der Waals surface area contributed by atoms with Gasteiger partial charge in [0.15, 0.2) is 22.7 Å². The van der Waals surface area contributed by atoms with E-state index >= 15 is 0 Å². The summed E-state index contributed by atoms with van der Waals surface area (Å²) in [5.41, 5.74) is 1.71. The summed E-state index contributed by atoms with van der Waals surface area (Å²) in [6, 6.07) is 14.6. The van der Waals surface area contributed by atoms with Gasteiger partial charge in [-0.25, -0.2) is 4.98 Å². The molecule has 1 atom stereocenters. The van der Waals surface area contributed by atoms with Crippen LogP contribution in [0.2, 0.25) is 5.02 Å². The maximum atomic E-state index is 12.4. The zero-order valence-electron chi connectivity index (χ0n) is 14.2. The molecular weight excluding hydrogens is 372 g/mol. The van der Waals surface area contributed by atoms with Gasteiger partial charge in [0, 0.05) is 16.0 Å². The molecule has 1 aromatic heterocycles. The molecule has 134 valence electrons. The lowest BCUT2D eigenvalue weighted by molar-refractivity contribution is -0.122. The van der Waals surface area contributed by atoms with Crippen molar-refractivity contribution in [3.05, 3.63) is 58.9 Å². The molecule has 0 radical (unpaired) electrons. The SMILES string of the molecule is COc1ccccc1OC(C)C(=O)Nc1nc(-c2ccc(Cl)cc2)cs1. The Morgan fingerprint density at radius 3 is 2.54 bits per heavy atom. The standard InChI is InChI=1S/C19H17ClN2O3S/c1-12(25-17-6-4-3-5-16(17)24-2)18(23)22-19-21-15(11-26-19)13-7-9-14(20)10-8-13/h3-12H,1-2H3,(H,21,22,23). The van der Waals surface area contributed by atoms with Gasteiger partial charge in [-0.2, -0.15) is 0 Å². The van der Waals surface area contributed by atoms with Gasteiger partial charge >= 0.3 is 0 Å². The molecule has 0 aliphatic carbocycles. The van der Waals surface area contributed by atoms with E-state index in [0.717, 1.165) is 11.3 Å². The number of amides is 1. The highest BCUT2D eigenvalue weighted by Crippen LogP contribution is 2.28. The van der Waals surface area contributed by atoms with E-state index in [1.54, 1.807) is 38.3 Å². The fraction of sp³-hybridized carbons (Fsp3) is 0.158. The number of methoxy groups -OCH3 is 1. The number of thiazole rings is 1. The lowest BCUT2D eigenvalue weighted by atomic mass is 10.2. The number of benzene rings is 2. The van der Waals surface area contributed by atoms with E-state index in [2.05, 4.69) is 10.3 Å². The Morgan fingerprint density at radius 2 is 1.85 bits per heavy atom. The minimum atomic E-state index is -0.700. The van der Waals surface area contributed by atoms with Gasteiger partial charge in [0.05, 0.1) is 12.8 Å². The molecular formula is C19H17ClN2O3S. The first-order valence-electron chi connectivity index (χ1n) is 7.89. The van der Waals surface area contributed by atoms with Crippen LogP contribution in [-0.2, 0) is 4.79 Å². The third-order valence-corrected chi connectivity index (χ3v) is 4.63. The number of hydrogen-bond acceptors (Lipinski definition) is 5. The molecule has 1 amide bonds. The fourth-order valence-electron chi connectivity index (χ4n) is 2.25. The predicted molar refractivity (Wildman–Crippen MR) is 104 cm³/mol. The number of nitrogens with one attached hydrogen (secondary N) is 1. The third kappa shape index (κ3) is 4.33. The number of para-hydroxylation sites is 2.